The SMILES string of the molecule is CC(C)(C)[C@@H](NC(=O)c1ccc(F)cc1Cl)C(=O)O. The van der Waals surface area contributed by atoms with E-state index in [9.17, 15) is 14.0 Å². The summed E-state index contributed by atoms with van der Waals surface area (Å²) >= 11 is 5.75. The van der Waals surface area contributed by atoms with E-state index in [0.717, 1.165) is 12.1 Å². The van der Waals surface area contributed by atoms with Crippen molar-refractivity contribution in [2.75, 3.05) is 0 Å². The molecule has 0 aliphatic carbocycles. The zero-order chi connectivity index (χ0) is 14.8. The maximum absolute atomic E-state index is 12.9. The van der Waals surface area contributed by atoms with Crippen molar-refractivity contribution in [3.63, 3.8) is 0 Å². The Morgan fingerprint density at radius 1 is 1.37 bits per heavy atom. The highest BCUT2D eigenvalue weighted by atomic mass is 35.5. The van der Waals surface area contributed by atoms with Crippen LogP contribution in [0.15, 0.2) is 18.2 Å². The minimum absolute atomic E-state index is 0.0403. The number of aliphatic carboxylic acids is 1. The summed E-state index contributed by atoms with van der Waals surface area (Å²) in [6.07, 6.45) is 0. The van der Waals surface area contributed by atoms with Crippen LogP contribution in [0.4, 0.5) is 4.39 Å². The number of halogens is 2. The molecule has 1 rings (SSSR count). The second-order valence-electron chi connectivity index (χ2n) is 5.23. The van der Waals surface area contributed by atoms with E-state index in [-0.39, 0.29) is 10.6 Å². The lowest BCUT2D eigenvalue weighted by Gasteiger charge is -2.27. The summed E-state index contributed by atoms with van der Waals surface area (Å²) in [7, 11) is 0. The number of hydrogen-bond acceptors (Lipinski definition) is 2. The van der Waals surface area contributed by atoms with Crippen molar-refractivity contribution in [1.29, 1.82) is 0 Å². The molecule has 0 aromatic heterocycles. The van der Waals surface area contributed by atoms with E-state index in [0.29, 0.717) is 0 Å². The predicted molar refractivity (Wildman–Crippen MR) is 69.8 cm³/mol. The molecule has 0 bridgehead atoms. The summed E-state index contributed by atoms with van der Waals surface area (Å²) in [5.41, 5.74) is -0.618. The maximum atomic E-state index is 12.9. The normalized spacial score (nSPS) is 12.9. The summed E-state index contributed by atoms with van der Waals surface area (Å²) < 4.78 is 12.9. The smallest absolute Gasteiger partial charge is 0.326 e. The third-order valence-corrected chi connectivity index (χ3v) is 2.88. The number of carbonyl (C=O) groups excluding carboxylic acids is 1. The van der Waals surface area contributed by atoms with Crippen LogP contribution in [-0.4, -0.2) is 23.0 Å². The number of hydrogen-bond donors (Lipinski definition) is 2. The molecule has 0 radical (unpaired) electrons. The van der Waals surface area contributed by atoms with Gasteiger partial charge in [0.2, 0.25) is 0 Å². The van der Waals surface area contributed by atoms with Crippen LogP contribution in [0.1, 0.15) is 31.1 Å². The number of carboxylic acids is 1. The average Bonchev–Trinajstić information content (AvgIpc) is 2.23. The van der Waals surface area contributed by atoms with Crippen LogP contribution in [0, 0.1) is 11.2 Å². The van der Waals surface area contributed by atoms with Gasteiger partial charge in [-0.05, 0) is 23.6 Å². The Balaban J connectivity index is 2.98. The highest BCUT2D eigenvalue weighted by Gasteiger charge is 2.33. The van der Waals surface area contributed by atoms with E-state index in [2.05, 4.69) is 5.32 Å². The molecule has 1 atom stereocenters. The fraction of sp³-hybridized carbons (Fsp3) is 0.385. The zero-order valence-corrected chi connectivity index (χ0v) is 11.6. The molecular formula is C13H15ClFNO3. The van der Waals surface area contributed by atoms with E-state index in [1.54, 1.807) is 20.8 Å². The number of rotatable bonds is 3. The van der Waals surface area contributed by atoms with Gasteiger partial charge < -0.3 is 10.4 Å². The predicted octanol–water partition coefficient (Wildman–Crippen LogP) is 2.71. The van der Waals surface area contributed by atoms with Gasteiger partial charge in [-0.2, -0.15) is 0 Å². The van der Waals surface area contributed by atoms with Crippen molar-refractivity contribution in [2.24, 2.45) is 5.41 Å². The Hall–Kier alpha value is -1.62. The first-order chi connectivity index (χ1) is 8.62. The van der Waals surface area contributed by atoms with Gasteiger partial charge in [0.05, 0.1) is 10.6 Å². The molecule has 19 heavy (non-hydrogen) atoms. The summed E-state index contributed by atoms with van der Waals surface area (Å²) in [4.78, 5) is 23.1. The summed E-state index contributed by atoms with van der Waals surface area (Å²) in [5, 5.41) is 11.4. The number of nitrogens with one attached hydrogen (secondary N) is 1. The molecule has 104 valence electrons. The van der Waals surface area contributed by atoms with Gasteiger partial charge in [-0.25, -0.2) is 9.18 Å². The lowest BCUT2D eigenvalue weighted by molar-refractivity contribution is -0.142. The summed E-state index contributed by atoms with van der Waals surface area (Å²) in [6, 6.07) is 2.24. The fourth-order valence-electron chi connectivity index (χ4n) is 1.53. The molecule has 6 heteroatoms. The van der Waals surface area contributed by atoms with E-state index in [4.69, 9.17) is 16.7 Å². The highest BCUT2D eigenvalue weighted by molar-refractivity contribution is 6.33. The van der Waals surface area contributed by atoms with Crippen LogP contribution in [0.3, 0.4) is 0 Å². The van der Waals surface area contributed by atoms with Gasteiger partial charge in [0, 0.05) is 0 Å². The van der Waals surface area contributed by atoms with Crippen molar-refractivity contribution in [3.8, 4) is 0 Å². The molecule has 0 spiro atoms. The Morgan fingerprint density at radius 3 is 2.37 bits per heavy atom. The molecule has 4 nitrogen and oxygen atoms in total. The summed E-state index contributed by atoms with van der Waals surface area (Å²) in [6.45, 7) is 5.08. The lowest BCUT2D eigenvalue weighted by atomic mass is 9.86. The molecular weight excluding hydrogens is 273 g/mol. The van der Waals surface area contributed by atoms with Crippen molar-refractivity contribution in [3.05, 3.63) is 34.6 Å². The quantitative estimate of drug-likeness (QED) is 0.898. The first-order valence-electron chi connectivity index (χ1n) is 5.61. The van der Waals surface area contributed by atoms with Gasteiger partial charge in [-0.15, -0.1) is 0 Å². The largest absolute Gasteiger partial charge is 0.480 e. The summed E-state index contributed by atoms with van der Waals surface area (Å²) in [5.74, 6) is -2.35. The molecule has 1 aromatic carbocycles. The minimum Gasteiger partial charge on any atom is -0.480 e. The highest BCUT2D eigenvalue weighted by Crippen LogP contribution is 2.22. The van der Waals surface area contributed by atoms with E-state index < -0.39 is 29.2 Å². The molecule has 0 aliphatic heterocycles. The van der Waals surface area contributed by atoms with Crippen LogP contribution in [-0.2, 0) is 4.79 Å². The Labute approximate surface area is 115 Å². The minimum atomic E-state index is -1.14. The average molecular weight is 288 g/mol. The third-order valence-electron chi connectivity index (χ3n) is 2.56. The third kappa shape index (κ3) is 3.92. The van der Waals surface area contributed by atoms with Crippen molar-refractivity contribution < 1.29 is 19.1 Å². The van der Waals surface area contributed by atoms with Crippen LogP contribution < -0.4 is 5.32 Å². The number of amides is 1. The Morgan fingerprint density at radius 2 is 1.95 bits per heavy atom. The van der Waals surface area contributed by atoms with Crippen LogP contribution >= 0.6 is 11.6 Å². The Bertz CT molecular complexity index is 511. The first-order valence-corrected chi connectivity index (χ1v) is 5.99. The van der Waals surface area contributed by atoms with E-state index in [1.165, 1.54) is 6.07 Å². The topological polar surface area (TPSA) is 66.4 Å². The van der Waals surface area contributed by atoms with Gasteiger partial charge in [-0.3, -0.25) is 4.79 Å². The van der Waals surface area contributed by atoms with E-state index >= 15 is 0 Å². The molecule has 0 saturated heterocycles. The fourth-order valence-corrected chi connectivity index (χ4v) is 1.78. The van der Waals surface area contributed by atoms with Crippen LogP contribution in [0.2, 0.25) is 5.02 Å². The van der Waals surface area contributed by atoms with Gasteiger partial charge in [0.15, 0.2) is 0 Å². The monoisotopic (exact) mass is 287 g/mol. The van der Waals surface area contributed by atoms with Gasteiger partial charge in [0.25, 0.3) is 5.91 Å². The second kappa shape index (κ2) is 5.57. The van der Waals surface area contributed by atoms with E-state index in [1.807, 2.05) is 0 Å². The number of carboxylic acid groups (broad SMARTS) is 1. The van der Waals surface area contributed by atoms with Crippen LogP contribution in [0.5, 0.6) is 0 Å². The van der Waals surface area contributed by atoms with Gasteiger partial charge in [0.1, 0.15) is 11.9 Å². The molecule has 0 unspecified atom stereocenters. The lowest BCUT2D eigenvalue weighted by Crippen LogP contribution is -2.49. The van der Waals surface area contributed by atoms with Crippen LogP contribution in [0.25, 0.3) is 0 Å². The number of carbonyl (C=O) groups is 2. The molecule has 1 amide bonds. The Kier molecular flexibility index (Phi) is 4.52. The zero-order valence-electron chi connectivity index (χ0n) is 10.8. The molecule has 2 N–H and O–H groups in total. The van der Waals surface area contributed by atoms with Gasteiger partial charge >= 0.3 is 5.97 Å². The molecule has 0 saturated carbocycles. The van der Waals surface area contributed by atoms with Crippen molar-refractivity contribution in [1.82, 2.24) is 5.32 Å². The maximum Gasteiger partial charge on any atom is 0.326 e. The number of benzene rings is 1. The molecule has 0 heterocycles. The first kappa shape index (κ1) is 15.4. The molecule has 1 aromatic rings. The van der Waals surface area contributed by atoms with Gasteiger partial charge in [-0.1, -0.05) is 32.4 Å². The van der Waals surface area contributed by atoms with Crippen molar-refractivity contribution in [2.45, 2.75) is 26.8 Å². The van der Waals surface area contributed by atoms with Crippen molar-refractivity contribution >= 4 is 23.5 Å². The second-order valence-corrected chi connectivity index (χ2v) is 5.64. The standard InChI is InChI=1S/C13H15ClFNO3/c1-13(2,3)10(12(18)19)16-11(17)8-5-4-7(15)6-9(8)14/h4-6,10H,1-3H3,(H,16,17)(H,18,19)/t10-/m0/s1. The molecule has 0 aliphatic rings. The molecule has 0 fully saturated rings.